The highest BCUT2D eigenvalue weighted by Crippen LogP contribution is 2.37. The maximum Gasteiger partial charge on any atom is 0.119 e. The largest absolute Gasteiger partial charge is 0.492 e. The van der Waals surface area contributed by atoms with Crippen LogP contribution in [0, 0.1) is 25.2 Å². The molecule has 0 spiro atoms. The minimum atomic E-state index is 0.494. The number of aromatic nitrogens is 3. The average molecular weight is 489 g/mol. The van der Waals surface area contributed by atoms with E-state index in [4.69, 9.17) is 4.74 Å². The predicted molar refractivity (Wildman–Crippen MR) is 147 cm³/mol. The molecule has 0 unspecified atom stereocenters. The number of aromatic amines is 1. The smallest absolute Gasteiger partial charge is 0.119 e. The van der Waals surface area contributed by atoms with Crippen molar-refractivity contribution >= 4 is 22.3 Å². The molecule has 0 amide bonds. The molecular formula is C30H28N6O. The normalized spacial score (nSPS) is 10.8. The fourth-order valence-electron chi connectivity index (χ4n) is 4.41. The fraction of sp³-hybridized carbons (Fsp3) is 0.167. The Morgan fingerprint density at radius 1 is 1.00 bits per heavy atom. The topological polar surface area (TPSA) is 98.7 Å². The number of nitrogens with zero attached hydrogens (tertiary/aromatic N) is 3. The first-order chi connectivity index (χ1) is 18.1. The second-order valence-corrected chi connectivity index (χ2v) is 8.79. The highest BCUT2D eigenvalue weighted by Gasteiger charge is 2.16. The number of aryl methyl sites for hydroxylation is 2. The Morgan fingerprint density at radius 3 is 2.65 bits per heavy atom. The molecular weight excluding hydrogens is 460 g/mol. The molecule has 2 aromatic carbocycles. The SMILES string of the molecule is Cc1ncc(C#N)c(Nc2ccc3[nH]ccc3c2C)c1-c1ccc(OCCNCc2ccccn2)cc1. The highest BCUT2D eigenvalue weighted by molar-refractivity contribution is 5.92. The third-order valence-electron chi connectivity index (χ3n) is 6.38. The second-order valence-electron chi connectivity index (χ2n) is 8.79. The van der Waals surface area contributed by atoms with Crippen LogP contribution in [0.2, 0.25) is 0 Å². The predicted octanol–water partition coefficient (Wildman–Crippen LogP) is 6.03. The highest BCUT2D eigenvalue weighted by atomic mass is 16.5. The summed E-state index contributed by atoms with van der Waals surface area (Å²) in [5.74, 6) is 0.786. The van der Waals surface area contributed by atoms with Crippen LogP contribution in [0.3, 0.4) is 0 Å². The number of ether oxygens (including phenoxy) is 1. The summed E-state index contributed by atoms with van der Waals surface area (Å²) in [6, 6.07) is 22.2. The lowest BCUT2D eigenvalue weighted by molar-refractivity contribution is 0.313. The van der Waals surface area contributed by atoms with Crippen LogP contribution in [-0.4, -0.2) is 28.1 Å². The summed E-state index contributed by atoms with van der Waals surface area (Å²) in [4.78, 5) is 12.1. The first-order valence-corrected chi connectivity index (χ1v) is 12.2. The summed E-state index contributed by atoms with van der Waals surface area (Å²) in [5, 5.41) is 17.9. The Morgan fingerprint density at radius 2 is 1.86 bits per heavy atom. The van der Waals surface area contributed by atoms with Crippen LogP contribution >= 0.6 is 0 Å². The minimum Gasteiger partial charge on any atom is -0.492 e. The molecule has 0 saturated carbocycles. The number of rotatable bonds is 9. The summed E-state index contributed by atoms with van der Waals surface area (Å²) < 4.78 is 5.92. The lowest BCUT2D eigenvalue weighted by Gasteiger charge is -2.18. The Bertz CT molecular complexity index is 1550. The molecule has 0 radical (unpaired) electrons. The maximum absolute atomic E-state index is 9.86. The molecule has 5 aromatic rings. The van der Waals surface area contributed by atoms with Gasteiger partial charge in [-0.2, -0.15) is 5.26 Å². The Kier molecular flexibility index (Phi) is 7.11. The second kappa shape index (κ2) is 10.9. The third kappa shape index (κ3) is 5.30. The number of anilines is 2. The molecule has 0 aliphatic carbocycles. The quantitative estimate of drug-likeness (QED) is 0.219. The van der Waals surface area contributed by atoms with E-state index in [9.17, 15) is 5.26 Å². The number of hydrogen-bond donors (Lipinski definition) is 3. The van der Waals surface area contributed by atoms with Crippen molar-refractivity contribution in [1.82, 2.24) is 20.3 Å². The van der Waals surface area contributed by atoms with E-state index in [-0.39, 0.29) is 0 Å². The van der Waals surface area contributed by atoms with Gasteiger partial charge in [0.1, 0.15) is 18.4 Å². The van der Waals surface area contributed by atoms with Gasteiger partial charge < -0.3 is 20.4 Å². The van der Waals surface area contributed by atoms with Crippen molar-refractivity contribution in [1.29, 1.82) is 5.26 Å². The van der Waals surface area contributed by atoms with Crippen LogP contribution < -0.4 is 15.4 Å². The van der Waals surface area contributed by atoms with Gasteiger partial charge >= 0.3 is 0 Å². The summed E-state index contributed by atoms with van der Waals surface area (Å²) in [5.41, 5.74) is 8.10. The van der Waals surface area contributed by atoms with Crippen molar-refractivity contribution in [2.75, 3.05) is 18.5 Å². The van der Waals surface area contributed by atoms with Gasteiger partial charge in [0.25, 0.3) is 0 Å². The van der Waals surface area contributed by atoms with Gasteiger partial charge in [0, 0.05) is 59.5 Å². The van der Waals surface area contributed by atoms with Gasteiger partial charge in [0.2, 0.25) is 0 Å². The molecule has 3 heterocycles. The van der Waals surface area contributed by atoms with Crippen LogP contribution in [-0.2, 0) is 6.54 Å². The van der Waals surface area contributed by atoms with E-state index in [1.165, 1.54) is 0 Å². The third-order valence-corrected chi connectivity index (χ3v) is 6.38. The molecule has 0 saturated heterocycles. The molecule has 184 valence electrons. The zero-order valence-corrected chi connectivity index (χ0v) is 20.9. The number of nitriles is 1. The number of nitrogens with one attached hydrogen (secondary N) is 3. The number of H-pyrrole nitrogens is 1. The zero-order valence-electron chi connectivity index (χ0n) is 20.9. The molecule has 37 heavy (non-hydrogen) atoms. The molecule has 0 atom stereocenters. The Hall–Kier alpha value is -4.67. The molecule has 7 nitrogen and oxygen atoms in total. The Labute approximate surface area is 216 Å². The maximum atomic E-state index is 9.86. The summed E-state index contributed by atoms with van der Waals surface area (Å²) in [6.45, 7) is 6.00. The molecule has 0 aliphatic heterocycles. The van der Waals surface area contributed by atoms with Gasteiger partial charge in [-0.05, 0) is 67.4 Å². The summed E-state index contributed by atoms with van der Waals surface area (Å²) >= 11 is 0. The minimum absolute atomic E-state index is 0.494. The van der Waals surface area contributed by atoms with Crippen LogP contribution in [0.15, 0.2) is 79.3 Å². The first-order valence-electron chi connectivity index (χ1n) is 12.2. The van der Waals surface area contributed by atoms with E-state index in [0.717, 1.165) is 56.1 Å². The zero-order chi connectivity index (χ0) is 25.6. The molecule has 0 bridgehead atoms. The molecule has 7 heteroatoms. The summed E-state index contributed by atoms with van der Waals surface area (Å²) in [7, 11) is 0. The van der Waals surface area contributed by atoms with Gasteiger partial charge in [-0.1, -0.05) is 18.2 Å². The van der Waals surface area contributed by atoms with Crippen molar-refractivity contribution in [3.63, 3.8) is 0 Å². The van der Waals surface area contributed by atoms with Gasteiger partial charge in [-0.3, -0.25) is 9.97 Å². The monoisotopic (exact) mass is 488 g/mol. The van der Waals surface area contributed by atoms with Gasteiger partial charge in [-0.25, -0.2) is 0 Å². The van der Waals surface area contributed by atoms with E-state index < -0.39 is 0 Å². The number of hydrogen-bond acceptors (Lipinski definition) is 6. The van der Waals surface area contributed by atoms with Crippen molar-refractivity contribution < 1.29 is 4.74 Å². The van der Waals surface area contributed by atoms with Crippen LogP contribution in [0.4, 0.5) is 11.4 Å². The van der Waals surface area contributed by atoms with Crippen LogP contribution in [0.1, 0.15) is 22.5 Å². The fourth-order valence-corrected chi connectivity index (χ4v) is 4.41. The lowest BCUT2D eigenvalue weighted by atomic mass is 9.99. The lowest BCUT2D eigenvalue weighted by Crippen LogP contribution is -2.21. The number of benzene rings is 2. The standard InChI is InChI=1S/C30H28N6O/c1-20-26-12-14-34-28(26)11-10-27(20)36-30-23(17-31)18-35-21(2)29(30)22-6-8-25(9-7-22)37-16-15-32-19-24-5-3-4-13-33-24/h3-14,18,32,34H,15-16,19H2,1-2H3,(H,35,36). The van der Waals surface area contributed by atoms with Crippen molar-refractivity contribution in [3.8, 4) is 22.9 Å². The molecule has 0 aliphatic rings. The van der Waals surface area contributed by atoms with Gasteiger partial charge in [0.15, 0.2) is 0 Å². The Balaban J connectivity index is 1.33. The van der Waals surface area contributed by atoms with Crippen molar-refractivity contribution in [2.24, 2.45) is 0 Å². The molecule has 0 fully saturated rings. The molecule has 3 N–H and O–H groups in total. The van der Waals surface area contributed by atoms with Gasteiger partial charge in [0.05, 0.1) is 16.9 Å². The summed E-state index contributed by atoms with van der Waals surface area (Å²) in [6.07, 6.45) is 5.35. The first kappa shape index (κ1) is 24.0. The van der Waals surface area contributed by atoms with Gasteiger partial charge in [-0.15, -0.1) is 0 Å². The van der Waals surface area contributed by atoms with E-state index in [1.54, 1.807) is 12.4 Å². The number of fused-ring (bicyclic) bond motifs is 1. The van der Waals surface area contributed by atoms with Crippen LogP contribution in [0.5, 0.6) is 5.75 Å². The van der Waals surface area contributed by atoms with Crippen LogP contribution in [0.25, 0.3) is 22.0 Å². The van der Waals surface area contributed by atoms with Crippen molar-refractivity contribution in [3.05, 3.63) is 102 Å². The van der Waals surface area contributed by atoms with E-state index in [2.05, 4.69) is 44.6 Å². The molecule has 5 rings (SSSR count). The van der Waals surface area contributed by atoms with E-state index in [0.29, 0.717) is 25.3 Å². The van der Waals surface area contributed by atoms with E-state index >= 15 is 0 Å². The average Bonchev–Trinajstić information content (AvgIpc) is 3.41. The molecule has 3 aromatic heterocycles. The van der Waals surface area contributed by atoms with E-state index in [1.807, 2.05) is 67.7 Å². The van der Waals surface area contributed by atoms with Crippen molar-refractivity contribution in [2.45, 2.75) is 20.4 Å². The number of pyridine rings is 2.